The van der Waals surface area contributed by atoms with Crippen LogP contribution in [0.25, 0.3) is 0 Å². The SMILES string of the molecule is Cc1ncc(CNc2cccc(C(=O)NC3CC3)c2)[nH]1. The minimum atomic E-state index is 0.00790. The van der Waals surface area contributed by atoms with Crippen LogP contribution in [0.4, 0.5) is 5.69 Å². The third-order valence-electron chi connectivity index (χ3n) is 3.28. The Morgan fingerprint density at radius 1 is 1.45 bits per heavy atom. The van der Waals surface area contributed by atoms with Crippen LogP contribution in [-0.2, 0) is 6.54 Å². The summed E-state index contributed by atoms with van der Waals surface area (Å²) in [6.07, 6.45) is 4.01. The van der Waals surface area contributed by atoms with Crippen molar-refractivity contribution < 1.29 is 4.79 Å². The highest BCUT2D eigenvalue weighted by Crippen LogP contribution is 2.20. The zero-order chi connectivity index (χ0) is 13.9. The monoisotopic (exact) mass is 270 g/mol. The third-order valence-corrected chi connectivity index (χ3v) is 3.28. The number of nitrogens with zero attached hydrogens (tertiary/aromatic N) is 1. The molecule has 0 spiro atoms. The van der Waals surface area contributed by atoms with E-state index in [1.807, 2.05) is 37.4 Å². The molecule has 0 radical (unpaired) electrons. The number of carbonyl (C=O) groups excluding carboxylic acids is 1. The van der Waals surface area contributed by atoms with Gasteiger partial charge in [0.25, 0.3) is 5.91 Å². The molecule has 1 aliphatic rings. The Labute approximate surface area is 117 Å². The summed E-state index contributed by atoms with van der Waals surface area (Å²) >= 11 is 0. The molecule has 1 fully saturated rings. The maximum Gasteiger partial charge on any atom is 0.251 e. The summed E-state index contributed by atoms with van der Waals surface area (Å²) < 4.78 is 0. The number of hydrogen-bond donors (Lipinski definition) is 3. The number of amides is 1. The van der Waals surface area contributed by atoms with Crippen molar-refractivity contribution in [2.75, 3.05) is 5.32 Å². The molecule has 1 amide bonds. The van der Waals surface area contributed by atoms with Gasteiger partial charge in [0.15, 0.2) is 0 Å². The highest BCUT2D eigenvalue weighted by atomic mass is 16.1. The minimum absolute atomic E-state index is 0.00790. The van der Waals surface area contributed by atoms with E-state index in [2.05, 4.69) is 20.6 Å². The summed E-state index contributed by atoms with van der Waals surface area (Å²) in [5, 5.41) is 6.28. The second-order valence-corrected chi connectivity index (χ2v) is 5.18. The smallest absolute Gasteiger partial charge is 0.251 e. The van der Waals surface area contributed by atoms with Gasteiger partial charge in [-0.05, 0) is 38.0 Å². The Hall–Kier alpha value is -2.30. The molecule has 3 N–H and O–H groups in total. The van der Waals surface area contributed by atoms with Gasteiger partial charge in [0.1, 0.15) is 5.82 Å². The second-order valence-electron chi connectivity index (χ2n) is 5.18. The van der Waals surface area contributed by atoms with Crippen molar-refractivity contribution in [3.63, 3.8) is 0 Å². The lowest BCUT2D eigenvalue weighted by atomic mass is 10.2. The highest BCUT2D eigenvalue weighted by Gasteiger charge is 2.23. The van der Waals surface area contributed by atoms with Crippen LogP contribution < -0.4 is 10.6 Å². The number of nitrogens with one attached hydrogen (secondary N) is 3. The van der Waals surface area contributed by atoms with E-state index < -0.39 is 0 Å². The van der Waals surface area contributed by atoms with Gasteiger partial charge in [-0.2, -0.15) is 0 Å². The fraction of sp³-hybridized carbons (Fsp3) is 0.333. The normalized spacial score (nSPS) is 14.1. The fourth-order valence-electron chi connectivity index (χ4n) is 2.03. The van der Waals surface area contributed by atoms with Gasteiger partial charge in [-0.25, -0.2) is 4.98 Å². The lowest BCUT2D eigenvalue weighted by Gasteiger charge is -2.08. The lowest BCUT2D eigenvalue weighted by Crippen LogP contribution is -2.25. The molecule has 1 aromatic heterocycles. The van der Waals surface area contributed by atoms with E-state index >= 15 is 0 Å². The Balaban J connectivity index is 1.62. The van der Waals surface area contributed by atoms with Gasteiger partial charge in [-0.1, -0.05) is 6.07 Å². The molecular formula is C15H18N4O. The van der Waals surface area contributed by atoms with Gasteiger partial charge in [-0.3, -0.25) is 4.79 Å². The zero-order valence-electron chi connectivity index (χ0n) is 11.4. The molecule has 0 saturated heterocycles. The van der Waals surface area contributed by atoms with Crippen molar-refractivity contribution in [1.82, 2.24) is 15.3 Å². The molecule has 5 nitrogen and oxygen atoms in total. The number of carbonyl (C=O) groups is 1. The number of aryl methyl sites for hydroxylation is 1. The summed E-state index contributed by atoms with van der Waals surface area (Å²) in [6.45, 7) is 2.58. The van der Waals surface area contributed by atoms with Gasteiger partial charge < -0.3 is 15.6 Å². The van der Waals surface area contributed by atoms with Gasteiger partial charge in [0.05, 0.1) is 18.4 Å². The molecule has 5 heteroatoms. The van der Waals surface area contributed by atoms with Crippen molar-refractivity contribution in [2.24, 2.45) is 0 Å². The molecular weight excluding hydrogens is 252 g/mol. The number of anilines is 1. The molecule has 2 aromatic rings. The lowest BCUT2D eigenvalue weighted by molar-refractivity contribution is 0.0951. The van der Waals surface area contributed by atoms with Crippen molar-refractivity contribution in [1.29, 1.82) is 0 Å². The van der Waals surface area contributed by atoms with Crippen molar-refractivity contribution in [3.8, 4) is 0 Å². The van der Waals surface area contributed by atoms with Crippen molar-refractivity contribution in [3.05, 3.63) is 47.5 Å². The summed E-state index contributed by atoms with van der Waals surface area (Å²) in [7, 11) is 0. The maximum absolute atomic E-state index is 12.0. The molecule has 20 heavy (non-hydrogen) atoms. The number of rotatable bonds is 5. The topological polar surface area (TPSA) is 69.8 Å². The fourth-order valence-corrected chi connectivity index (χ4v) is 2.03. The Morgan fingerprint density at radius 3 is 3.00 bits per heavy atom. The van der Waals surface area contributed by atoms with Crippen LogP contribution in [0.15, 0.2) is 30.5 Å². The predicted molar refractivity (Wildman–Crippen MR) is 77.6 cm³/mol. The van der Waals surface area contributed by atoms with Crippen LogP contribution in [0.1, 0.15) is 34.7 Å². The van der Waals surface area contributed by atoms with Gasteiger partial charge in [-0.15, -0.1) is 0 Å². The van der Waals surface area contributed by atoms with E-state index in [1.165, 1.54) is 0 Å². The van der Waals surface area contributed by atoms with Crippen molar-refractivity contribution in [2.45, 2.75) is 32.4 Å². The van der Waals surface area contributed by atoms with E-state index in [1.54, 1.807) is 0 Å². The second kappa shape index (κ2) is 5.36. The van der Waals surface area contributed by atoms with E-state index in [0.717, 1.165) is 30.0 Å². The number of hydrogen-bond acceptors (Lipinski definition) is 3. The Kier molecular flexibility index (Phi) is 3.41. The molecule has 1 aliphatic carbocycles. The van der Waals surface area contributed by atoms with Crippen LogP contribution in [0.5, 0.6) is 0 Å². The van der Waals surface area contributed by atoms with Crippen LogP contribution >= 0.6 is 0 Å². The summed E-state index contributed by atoms with van der Waals surface area (Å²) in [5.41, 5.74) is 2.65. The molecule has 104 valence electrons. The molecule has 1 saturated carbocycles. The molecule has 0 atom stereocenters. The minimum Gasteiger partial charge on any atom is -0.379 e. The Bertz CT molecular complexity index is 616. The number of aromatic amines is 1. The average Bonchev–Trinajstić information content (AvgIpc) is 3.17. The van der Waals surface area contributed by atoms with E-state index in [-0.39, 0.29) is 5.91 Å². The number of H-pyrrole nitrogens is 1. The van der Waals surface area contributed by atoms with E-state index in [0.29, 0.717) is 18.2 Å². The first-order valence-electron chi connectivity index (χ1n) is 6.86. The van der Waals surface area contributed by atoms with Gasteiger partial charge in [0, 0.05) is 17.3 Å². The van der Waals surface area contributed by atoms with Gasteiger partial charge >= 0.3 is 0 Å². The van der Waals surface area contributed by atoms with E-state index in [9.17, 15) is 4.79 Å². The summed E-state index contributed by atoms with van der Waals surface area (Å²) in [4.78, 5) is 19.3. The van der Waals surface area contributed by atoms with Crippen LogP contribution in [0, 0.1) is 6.92 Å². The first-order chi connectivity index (χ1) is 9.70. The molecule has 3 rings (SSSR count). The first-order valence-corrected chi connectivity index (χ1v) is 6.86. The van der Waals surface area contributed by atoms with Crippen LogP contribution in [0.3, 0.4) is 0 Å². The molecule has 0 aliphatic heterocycles. The molecule has 0 bridgehead atoms. The first kappa shape index (κ1) is 12.7. The van der Waals surface area contributed by atoms with Crippen molar-refractivity contribution >= 4 is 11.6 Å². The zero-order valence-corrected chi connectivity index (χ0v) is 11.4. The van der Waals surface area contributed by atoms with Gasteiger partial charge in [0.2, 0.25) is 0 Å². The Morgan fingerprint density at radius 2 is 2.30 bits per heavy atom. The third kappa shape index (κ3) is 3.17. The quantitative estimate of drug-likeness (QED) is 0.780. The molecule has 0 unspecified atom stereocenters. The highest BCUT2D eigenvalue weighted by molar-refractivity contribution is 5.95. The predicted octanol–water partition coefficient (Wildman–Crippen LogP) is 2.22. The molecule has 1 aromatic carbocycles. The number of aromatic nitrogens is 2. The summed E-state index contributed by atoms with van der Waals surface area (Å²) in [5.74, 6) is 0.910. The average molecular weight is 270 g/mol. The largest absolute Gasteiger partial charge is 0.379 e. The maximum atomic E-state index is 12.0. The standard InChI is InChI=1S/C15H18N4O/c1-10-16-8-14(18-10)9-17-13-4-2-3-11(7-13)15(20)19-12-5-6-12/h2-4,7-8,12,17H,5-6,9H2,1H3,(H,16,18)(H,19,20). The summed E-state index contributed by atoms with van der Waals surface area (Å²) in [6, 6.07) is 7.94. The molecule has 1 heterocycles. The number of benzene rings is 1. The van der Waals surface area contributed by atoms with Crippen LogP contribution in [0.2, 0.25) is 0 Å². The van der Waals surface area contributed by atoms with E-state index in [4.69, 9.17) is 0 Å². The number of imidazole rings is 1. The van der Waals surface area contributed by atoms with Crippen LogP contribution in [-0.4, -0.2) is 21.9 Å².